The van der Waals surface area contributed by atoms with Gasteiger partial charge in [-0.05, 0) is 63.6 Å². The fraction of sp³-hybridized carbons (Fsp3) is 0.480. The summed E-state index contributed by atoms with van der Waals surface area (Å²) in [4.78, 5) is 26.5. The highest BCUT2D eigenvalue weighted by molar-refractivity contribution is 7.11. The fourth-order valence-electron chi connectivity index (χ4n) is 4.65. The summed E-state index contributed by atoms with van der Waals surface area (Å²) in [6.07, 6.45) is 5.39. The van der Waals surface area contributed by atoms with Gasteiger partial charge in [0.2, 0.25) is 5.91 Å². The van der Waals surface area contributed by atoms with E-state index in [2.05, 4.69) is 47.6 Å². The van der Waals surface area contributed by atoms with E-state index < -0.39 is 0 Å². The molecule has 31 heavy (non-hydrogen) atoms. The predicted octanol–water partition coefficient (Wildman–Crippen LogP) is 5.74. The highest BCUT2D eigenvalue weighted by Crippen LogP contribution is 2.39. The molecular formula is C25H30N4OS. The standard InChI is InChI=1S/C25H30N4OS/c1-15-7-8-16(2)20(13-15)27-25(30)19-9-11-29(12-10-19)24-22-17(3)31-14-21(22)26-23(28-24)18-5-4-6-18/h7-8,13-14,18-19H,4-6,9-12H2,1-3H3,(H,27,30). The van der Waals surface area contributed by atoms with E-state index in [0.29, 0.717) is 5.92 Å². The van der Waals surface area contributed by atoms with Gasteiger partial charge in [-0.1, -0.05) is 18.6 Å². The Morgan fingerprint density at radius 3 is 2.58 bits per heavy atom. The lowest BCUT2D eigenvalue weighted by Crippen LogP contribution is -2.39. The first kappa shape index (κ1) is 20.4. The van der Waals surface area contributed by atoms with Crippen molar-refractivity contribution in [2.45, 2.75) is 58.8 Å². The van der Waals surface area contributed by atoms with Crippen molar-refractivity contribution in [3.05, 3.63) is 45.4 Å². The number of aryl methyl sites for hydroxylation is 3. The van der Waals surface area contributed by atoms with Crippen LogP contribution in [0.3, 0.4) is 0 Å². The zero-order chi connectivity index (χ0) is 21.5. The second-order valence-electron chi connectivity index (χ2n) is 9.15. The minimum atomic E-state index is 0.0446. The van der Waals surface area contributed by atoms with E-state index in [-0.39, 0.29) is 11.8 Å². The number of fused-ring (bicyclic) bond motifs is 1. The molecular weight excluding hydrogens is 404 g/mol. The van der Waals surface area contributed by atoms with Gasteiger partial charge in [-0.2, -0.15) is 0 Å². The molecule has 1 aliphatic carbocycles. The van der Waals surface area contributed by atoms with E-state index in [1.54, 1.807) is 11.3 Å². The van der Waals surface area contributed by atoms with Crippen LogP contribution in [0.15, 0.2) is 23.6 Å². The summed E-state index contributed by atoms with van der Waals surface area (Å²) in [5.41, 5.74) is 4.29. The molecule has 0 unspecified atom stereocenters. The van der Waals surface area contributed by atoms with E-state index in [0.717, 1.165) is 59.9 Å². The van der Waals surface area contributed by atoms with Gasteiger partial charge < -0.3 is 10.2 Å². The number of nitrogens with zero attached hydrogens (tertiary/aromatic N) is 3. The van der Waals surface area contributed by atoms with Crippen LogP contribution in [0, 0.1) is 26.7 Å². The molecule has 1 amide bonds. The van der Waals surface area contributed by atoms with Crippen molar-refractivity contribution in [1.29, 1.82) is 0 Å². The van der Waals surface area contributed by atoms with Crippen LogP contribution < -0.4 is 10.2 Å². The molecule has 2 aliphatic rings. The van der Waals surface area contributed by atoms with Crippen molar-refractivity contribution in [2.75, 3.05) is 23.3 Å². The molecule has 1 saturated carbocycles. The number of hydrogen-bond donors (Lipinski definition) is 1. The lowest BCUT2D eigenvalue weighted by atomic mass is 9.85. The number of aromatic nitrogens is 2. The predicted molar refractivity (Wildman–Crippen MR) is 128 cm³/mol. The third-order valence-corrected chi connectivity index (χ3v) is 7.82. The number of piperidine rings is 1. The van der Waals surface area contributed by atoms with Crippen molar-refractivity contribution < 1.29 is 4.79 Å². The fourth-order valence-corrected chi connectivity index (χ4v) is 5.42. The normalized spacial score (nSPS) is 17.7. The van der Waals surface area contributed by atoms with Crippen LogP contribution in [0.5, 0.6) is 0 Å². The van der Waals surface area contributed by atoms with E-state index in [1.165, 1.54) is 29.5 Å². The van der Waals surface area contributed by atoms with Gasteiger partial charge in [0, 0.05) is 40.9 Å². The molecule has 0 radical (unpaired) electrons. The molecule has 2 aromatic heterocycles. The van der Waals surface area contributed by atoms with Crippen LogP contribution in [-0.2, 0) is 4.79 Å². The number of nitrogens with one attached hydrogen (secondary N) is 1. The summed E-state index contributed by atoms with van der Waals surface area (Å²) in [7, 11) is 0. The molecule has 3 heterocycles. The highest BCUT2D eigenvalue weighted by atomic mass is 32.1. The Morgan fingerprint density at radius 1 is 1.10 bits per heavy atom. The first-order valence-electron chi connectivity index (χ1n) is 11.4. The molecule has 1 aromatic carbocycles. The van der Waals surface area contributed by atoms with Crippen molar-refractivity contribution in [3.8, 4) is 0 Å². The van der Waals surface area contributed by atoms with Crippen molar-refractivity contribution in [3.63, 3.8) is 0 Å². The van der Waals surface area contributed by atoms with Gasteiger partial charge in [-0.15, -0.1) is 11.3 Å². The Hall–Kier alpha value is -2.47. The van der Waals surface area contributed by atoms with Gasteiger partial charge in [0.05, 0.1) is 10.9 Å². The molecule has 5 nitrogen and oxygen atoms in total. The van der Waals surface area contributed by atoms with Crippen LogP contribution in [-0.4, -0.2) is 29.0 Å². The van der Waals surface area contributed by atoms with Gasteiger partial charge in [0.1, 0.15) is 11.6 Å². The maximum absolute atomic E-state index is 12.9. The number of hydrogen-bond acceptors (Lipinski definition) is 5. The van der Waals surface area contributed by atoms with Crippen LogP contribution in [0.4, 0.5) is 11.5 Å². The van der Waals surface area contributed by atoms with E-state index in [9.17, 15) is 4.79 Å². The van der Waals surface area contributed by atoms with E-state index in [1.807, 2.05) is 6.92 Å². The zero-order valence-electron chi connectivity index (χ0n) is 18.6. The smallest absolute Gasteiger partial charge is 0.227 e. The van der Waals surface area contributed by atoms with Crippen molar-refractivity contribution >= 4 is 39.7 Å². The van der Waals surface area contributed by atoms with Gasteiger partial charge in [-0.25, -0.2) is 9.97 Å². The van der Waals surface area contributed by atoms with Gasteiger partial charge in [0.25, 0.3) is 0 Å². The Bertz CT molecular complexity index is 1130. The summed E-state index contributed by atoms with van der Waals surface area (Å²) in [6.45, 7) is 7.97. The second-order valence-corrected chi connectivity index (χ2v) is 10.2. The van der Waals surface area contributed by atoms with Gasteiger partial charge in [0.15, 0.2) is 0 Å². The maximum Gasteiger partial charge on any atom is 0.227 e. The number of benzene rings is 1. The first-order valence-corrected chi connectivity index (χ1v) is 12.3. The lowest BCUT2D eigenvalue weighted by molar-refractivity contribution is -0.120. The molecule has 6 heteroatoms. The molecule has 0 atom stereocenters. The maximum atomic E-state index is 12.9. The Balaban J connectivity index is 1.32. The molecule has 1 saturated heterocycles. The molecule has 5 rings (SSSR count). The Morgan fingerprint density at radius 2 is 1.87 bits per heavy atom. The zero-order valence-corrected chi connectivity index (χ0v) is 19.4. The van der Waals surface area contributed by atoms with Crippen LogP contribution >= 0.6 is 11.3 Å². The van der Waals surface area contributed by atoms with Gasteiger partial charge >= 0.3 is 0 Å². The van der Waals surface area contributed by atoms with E-state index >= 15 is 0 Å². The number of carbonyl (C=O) groups is 1. The Labute approximate surface area is 187 Å². The average Bonchev–Trinajstić information content (AvgIpc) is 3.10. The quantitative estimate of drug-likeness (QED) is 0.569. The minimum Gasteiger partial charge on any atom is -0.356 e. The summed E-state index contributed by atoms with van der Waals surface area (Å²) in [5.74, 6) is 2.80. The third-order valence-electron chi connectivity index (χ3n) is 6.92. The molecule has 0 spiro atoms. The van der Waals surface area contributed by atoms with Crippen LogP contribution in [0.25, 0.3) is 10.9 Å². The topological polar surface area (TPSA) is 58.1 Å². The number of anilines is 2. The summed E-state index contributed by atoms with van der Waals surface area (Å²) in [5, 5.41) is 6.54. The third kappa shape index (κ3) is 3.93. The number of rotatable bonds is 4. The monoisotopic (exact) mass is 434 g/mol. The van der Waals surface area contributed by atoms with Gasteiger partial charge in [-0.3, -0.25) is 4.79 Å². The highest BCUT2D eigenvalue weighted by Gasteiger charge is 2.29. The molecule has 1 aliphatic heterocycles. The summed E-state index contributed by atoms with van der Waals surface area (Å²) < 4.78 is 0. The van der Waals surface area contributed by atoms with E-state index in [4.69, 9.17) is 9.97 Å². The van der Waals surface area contributed by atoms with Crippen LogP contribution in [0.2, 0.25) is 0 Å². The second kappa shape index (κ2) is 8.23. The largest absolute Gasteiger partial charge is 0.356 e. The summed E-state index contributed by atoms with van der Waals surface area (Å²) in [6, 6.07) is 6.20. The SMILES string of the molecule is Cc1ccc(C)c(NC(=O)C2CCN(c3nc(C4CCC4)nc4csc(C)c34)CC2)c1. The number of thiophene rings is 1. The minimum absolute atomic E-state index is 0.0446. The average molecular weight is 435 g/mol. The summed E-state index contributed by atoms with van der Waals surface area (Å²) >= 11 is 1.76. The van der Waals surface area contributed by atoms with Crippen LogP contribution in [0.1, 0.15) is 59.9 Å². The van der Waals surface area contributed by atoms with Crippen molar-refractivity contribution in [1.82, 2.24) is 9.97 Å². The number of amides is 1. The lowest BCUT2D eigenvalue weighted by Gasteiger charge is -2.33. The number of carbonyl (C=O) groups excluding carboxylic acids is 1. The van der Waals surface area contributed by atoms with Crippen molar-refractivity contribution in [2.24, 2.45) is 5.92 Å². The molecule has 0 bridgehead atoms. The Kier molecular flexibility index (Phi) is 5.42. The first-order chi connectivity index (χ1) is 15.0. The molecule has 1 N–H and O–H groups in total. The molecule has 2 fully saturated rings. The molecule has 162 valence electrons. The molecule has 3 aromatic rings.